The van der Waals surface area contributed by atoms with Gasteiger partial charge in [0.05, 0.1) is 11.0 Å². The molecule has 0 aliphatic carbocycles. The Balaban J connectivity index is 1.46. The highest BCUT2D eigenvalue weighted by molar-refractivity contribution is 5.77. The van der Waals surface area contributed by atoms with Gasteiger partial charge in [-0.3, -0.25) is 0 Å². The first-order valence-electron chi connectivity index (χ1n) is 9.29. The highest BCUT2D eigenvalue weighted by atomic mass is 16.5. The average molecular weight is 368 g/mol. The molecule has 1 aliphatic rings. The average Bonchev–Trinajstić information content (AvgIpc) is 3.23. The van der Waals surface area contributed by atoms with E-state index in [1.54, 1.807) is 11.8 Å². The van der Waals surface area contributed by atoms with Crippen LogP contribution in [0.25, 0.3) is 11.0 Å². The number of piperidine rings is 1. The zero-order chi connectivity index (χ0) is 19.0. The third-order valence-corrected chi connectivity index (χ3v) is 5.20. The maximum atomic E-state index is 12.8. The number of imidazole rings is 1. The summed E-state index contributed by atoms with van der Waals surface area (Å²) in [5, 5.41) is 6.89. The predicted molar refractivity (Wildman–Crippen MR) is 100 cm³/mol. The number of carbonyl (C=O) groups is 1. The van der Waals surface area contributed by atoms with Crippen molar-refractivity contribution in [3.05, 3.63) is 41.3 Å². The molecule has 0 bridgehead atoms. The Hall–Kier alpha value is -2.90. The van der Waals surface area contributed by atoms with Gasteiger partial charge in [0.2, 0.25) is 5.89 Å². The first kappa shape index (κ1) is 17.5. The minimum atomic E-state index is -0.152. The lowest BCUT2D eigenvalue weighted by molar-refractivity contribution is 0.131. The van der Waals surface area contributed by atoms with Crippen LogP contribution in [0.15, 0.2) is 22.7 Å². The minimum Gasteiger partial charge on any atom is -0.337 e. The molecule has 2 amide bonds. The summed E-state index contributed by atoms with van der Waals surface area (Å²) in [7, 11) is 2.00. The van der Waals surface area contributed by atoms with Crippen molar-refractivity contribution in [1.82, 2.24) is 29.9 Å². The molecule has 3 heterocycles. The molecule has 8 heteroatoms. The maximum Gasteiger partial charge on any atom is 0.318 e. The summed E-state index contributed by atoms with van der Waals surface area (Å²) >= 11 is 0. The third kappa shape index (κ3) is 3.39. The molecule has 4 rings (SSSR count). The van der Waals surface area contributed by atoms with Crippen LogP contribution in [0.1, 0.15) is 48.4 Å². The van der Waals surface area contributed by atoms with E-state index in [4.69, 9.17) is 4.52 Å². The van der Waals surface area contributed by atoms with E-state index < -0.39 is 0 Å². The standard InChI is InChI=1S/C19H24N6O2/c1-12-21-18(27-23-12)17-6-4-5-9-25(17)19(26)20-11-14-7-8-16-15(10-14)22-13(2)24(16)3/h7-8,10,17H,4-6,9,11H2,1-3H3,(H,20,26)/t17-/m1/s1. The lowest BCUT2D eigenvalue weighted by atomic mass is 10.0. The number of benzene rings is 1. The van der Waals surface area contributed by atoms with E-state index >= 15 is 0 Å². The van der Waals surface area contributed by atoms with Crippen LogP contribution in [0.4, 0.5) is 4.79 Å². The van der Waals surface area contributed by atoms with Gasteiger partial charge in [0.1, 0.15) is 11.9 Å². The number of carbonyl (C=O) groups excluding carboxylic acids is 1. The maximum absolute atomic E-state index is 12.8. The molecule has 0 spiro atoms. The molecule has 1 aromatic carbocycles. The Morgan fingerprint density at radius 1 is 1.30 bits per heavy atom. The van der Waals surface area contributed by atoms with Gasteiger partial charge in [0.15, 0.2) is 5.82 Å². The quantitative estimate of drug-likeness (QED) is 0.768. The van der Waals surface area contributed by atoms with Gasteiger partial charge in [0, 0.05) is 20.1 Å². The van der Waals surface area contributed by atoms with Crippen LogP contribution in [0.2, 0.25) is 0 Å². The molecule has 1 atom stereocenters. The normalized spacial score (nSPS) is 17.4. The zero-order valence-electron chi connectivity index (χ0n) is 15.9. The lowest BCUT2D eigenvalue weighted by Crippen LogP contribution is -2.44. The van der Waals surface area contributed by atoms with Gasteiger partial charge in [-0.05, 0) is 50.8 Å². The monoisotopic (exact) mass is 368 g/mol. The van der Waals surface area contributed by atoms with Gasteiger partial charge in [-0.1, -0.05) is 11.2 Å². The van der Waals surface area contributed by atoms with E-state index in [9.17, 15) is 4.79 Å². The second-order valence-electron chi connectivity index (χ2n) is 7.08. The number of aromatic nitrogens is 4. The number of likely N-dealkylation sites (tertiary alicyclic amines) is 1. The van der Waals surface area contributed by atoms with E-state index in [2.05, 4.69) is 25.0 Å². The molecule has 1 aliphatic heterocycles. The van der Waals surface area contributed by atoms with Gasteiger partial charge in [-0.25, -0.2) is 9.78 Å². The van der Waals surface area contributed by atoms with Crippen molar-refractivity contribution >= 4 is 17.1 Å². The molecule has 8 nitrogen and oxygen atoms in total. The SMILES string of the molecule is Cc1noc([C@H]2CCCCN2C(=O)NCc2ccc3c(c2)nc(C)n3C)n1. The van der Waals surface area contributed by atoms with E-state index in [1.165, 1.54) is 0 Å². The van der Waals surface area contributed by atoms with Gasteiger partial charge >= 0.3 is 6.03 Å². The van der Waals surface area contributed by atoms with Crippen LogP contribution >= 0.6 is 0 Å². The molecule has 1 N–H and O–H groups in total. The Bertz CT molecular complexity index is 976. The fourth-order valence-corrected chi connectivity index (χ4v) is 3.63. The number of amides is 2. The Morgan fingerprint density at radius 2 is 2.15 bits per heavy atom. The largest absolute Gasteiger partial charge is 0.337 e. The molecule has 0 saturated carbocycles. The van der Waals surface area contributed by atoms with Gasteiger partial charge < -0.3 is 19.3 Å². The second-order valence-corrected chi connectivity index (χ2v) is 7.08. The topological polar surface area (TPSA) is 89.1 Å². The van der Waals surface area contributed by atoms with Crippen molar-refractivity contribution in [3.8, 4) is 0 Å². The molecule has 0 unspecified atom stereocenters. The number of rotatable bonds is 3. The third-order valence-electron chi connectivity index (χ3n) is 5.20. The van der Waals surface area contributed by atoms with Gasteiger partial charge in [-0.15, -0.1) is 0 Å². The Labute approximate surface area is 157 Å². The minimum absolute atomic E-state index is 0.104. The van der Waals surface area contributed by atoms with Crippen LogP contribution in [0.3, 0.4) is 0 Å². The van der Waals surface area contributed by atoms with E-state index in [0.717, 1.165) is 41.7 Å². The number of fused-ring (bicyclic) bond motifs is 1. The van der Waals surface area contributed by atoms with Gasteiger partial charge in [0.25, 0.3) is 0 Å². The van der Waals surface area contributed by atoms with Crippen LogP contribution in [-0.4, -0.2) is 37.2 Å². The van der Waals surface area contributed by atoms with Crippen LogP contribution < -0.4 is 5.32 Å². The summed E-state index contributed by atoms with van der Waals surface area (Å²) in [6, 6.07) is 5.84. The second kappa shape index (κ2) is 7.02. The lowest BCUT2D eigenvalue weighted by Gasteiger charge is -2.33. The Kier molecular flexibility index (Phi) is 4.55. The van der Waals surface area contributed by atoms with Crippen molar-refractivity contribution in [1.29, 1.82) is 0 Å². The van der Waals surface area contributed by atoms with E-state index in [0.29, 0.717) is 24.8 Å². The summed E-state index contributed by atoms with van der Waals surface area (Å²) in [6.45, 7) is 4.92. The van der Waals surface area contributed by atoms with E-state index in [1.807, 2.05) is 32.2 Å². The molecule has 27 heavy (non-hydrogen) atoms. The molecule has 1 fully saturated rings. The number of aryl methyl sites for hydroxylation is 3. The summed E-state index contributed by atoms with van der Waals surface area (Å²) in [5.41, 5.74) is 3.06. The van der Waals surface area contributed by atoms with Crippen LogP contribution in [0, 0.1) is 13.8 Å². The molecule has 1 saturated heterocycles. The highest BCUT2D eigenvalue weighted by Crippen LogP contribution is 2.29. The summed E-state index contributed by atoms with van der Waals surface area (Å²) in [4.78, 5) is 23.5. The predicted octanol–water partition coefficient (Wildman–Crippen LogP) is 3.01. The first-order chi connectivity index (χ1) is 13.0. The molecule has 142 valence electrons. The number of hydrogen-bond donors (Lipinski definition) is 1. The summed E-state index contributed by atoms with van der Waals surface area (Å²) in [5.74, 6) is 2.08. The van der Waals surface area contributed by atoms with Crippen LogP contribution in [0.5, 0.6) is 0 Å². The van der Waals surface area contributed by atoms with Crippen molar-refractivity contribution in [3.63, 3.8) is 0 Å². The fraction of sp³-hybridized carbons (Fsp3) is 0.474. The summed E-state index contributed by atoms with van der Waals surface area (Å²) in [6.07, 6.45) is 2.87. The molecular weight excluding hydrogens is 344 g/mol. The molecular formula is C19H24N6O2. The highest BCUT2D eigenvalue weighted by Gasteiger charge is 2.31. The zero-order valence-corrected chi connectivity index (χ0v) is 15.9. The summed E-state index contributed by atoms with van der Waals surface area (Å²) < 4.78 is 7.37. The van der Waals surface area contributed by atoms with Crippen molar-refractivity contribution < 1.29 is 9.32 Å². The fourth-order valence-electron chi connectivity index (χ4n) is 3.63. The number of nitrogens with one attached hydrogen (secondary N) is 1. The number of hydrogen-bond acceptors (Lipinski definition) is 5. The number of nitrogens with zero attached hydrogens (tertiary/aromatic N) is 5. The van der Waals surface area contributed by atoms with Crippen molar-refractivity contribution in [2.24, 2.45) is 7.05 Å². The smallest absolute Gasteiger partial charge is 0.318 e. The number of urea groups is 1. The van der Waals surface area contributed by atoms with Crippen molar-refractivity contribution in [2.45, 2.75) is 45.7 Å². The molecule has 2 aromatic heterocycles. The van der Waals surface area contributed by atoms with Crippen LogP contribution in [-0.2, 0) is 13.6 Å². The first-order valence-corrected chi connectivity index (χ1v) is 9.29. The van der Waals surface area contributed by atoms with Crippen molar-refractivity contribution in [2.75, 3.05) is 6.54 Å². The molecule has 3 aromatic rings. The Morgan fingerprint density at radius 3 is 2.93 bits per heavy atom. The van der Waals surface area contributed by atoms with E-state index in [-0.39, 0.29) is 12.1 Å². The molecule has 0 radical (unpaired) electrons. The van der Waals surface area contributed by atoms with Gasteiger partial charge in [-0.2, -0.15) is 4.98 Å².